The summed E-state index contributed by atoms with van der Waals surface area (Å²) in [7, 11) is 1.67. The van der Waals surface area contributed by atoms with Crippen molar-refractivity contribution in [2.24, 2.45) is 0 Å². The van der Waals surface area contributed by atoms with Crippen LogP contribution in [0.3, 0.4) is 0 Å². The SMILES string of the molecule is COCC(Cl)CCc1nc(C)cs1. The lowest BCUT2D eigenvalue weighted by molar-refractivity contribution is 0.195. The van der Waals surface area contributed by atoms with Gasteiger partial charge in [0.05, 0.1) is 17.0 Å². The summed E-state index contributed by atoms with van der Waals surface area (Å²) in [5, 5.41) is 3.34. The standard InChI is InChI=1S/C9H14ClNOS/c1-7-6-13-9(11-7)4-3-8(10)5-12-2/h6,8H,3-5H2,1-2H3. The lowest BCUT2D eigenvalue weighted by Crippen LogP contribution is -2.08. The zero-order chi connectivity index (χ0) is 9.68. The molecule has 0 bridgehead atoms. The predicted octanol–water partition coefficient (Wildman–Crippen LogP) is 2.64. The fourth-order valence-corrected chi connectivity index (χ4v) is 2.09. The highest BCUT2D eigenvalue weighted by Gasteiger charge is 2.05. The molecule has 1 unspecified atom stereocenters. The maximum Gasteiger partial charge on any atom is 0.0928 e. The van der Waals surface area contributed by atoms with Gasteiger partial charge in [-0.25, -0.2) is 4.98 Å². The Hall–Kier alpha value is -0.120. The second-order valence-corrected chi connectivity index (χ2v) is 4.53. The first-order valence-electron chi connectivity index (χ1n) is 4.26. The molecule has 1 aromatic heterocycles. The summed E-state index contributed by atoms with van der Waals surface area (Å²) < 4.78 is 4.95. The molecule has 0 saturated heterocycles. The molecule has 0 saturated carbocycles. The zero-order valence-electron chi connectivity index (χ0n) is 7.92. The van der Waals surface area contributed by atoms with Crippen molar-refractivity contribution in [3.05, 3.63) is 16.1 Å². The summed E-state index contributed by atoms with van der Waals surface area (Å²) >= 11 is 7.69. The molecule has 74 valence electrons. The van der Waals surface area contributed by atoms with E-state index in [2.05, 4.69) is 10.4 Å². The van der Waals surface area contributed by atoms with Crippen molar-refractivity contribution in [1.29, 1.82) is 0 Å². The maximum atomic E-state index is 5.99. The number of methoxy groups -OCH3 is 1. The summed E-state index contributed by atoms with van der Waals surface area (Å²) in [6.07, 6.45) is 1.89. The van der Waals surface area contributed by atoms with Crippen LogP contribution in [0.4, 0.5) is 0 Å². The molecule has 0 aromatic carbocycles. The normalized spacial score (nSPS) is 13.2. The highest BCUT2D eigenvalue weighted by Crippen LogP contribution is 2.13. The number of ether oxygens (including phenoxy) is 1. The Morgan fingerprint density at radius 3 is 3.00 bits per heavy atom. The topological polar surface area (TPSA) is 22.1 Å². The third kappa shape index (κ3) is 4.07. The molecule has 0 aliphatic heterocycles. The van der Waals surface area contributed by atoms with Gasteiger partial charge in [-0.3, -0.25) is 0 Å². The van der Waals surface area contributed by atoms with Crippen LogP contribution >= 0.6 is 22.9 Å². The van der Waals surface area contributed by atoms with Crippen molar-refractivity contribution in [2.45, 2.75) is 25.1 Å². The van der Waals surface area contributed by atoms with E-state index in [-0.39, 0.29) is 5.38 Å². The third-order valence-electron chi connectivity index (χ3n) is 1.69. The van der Waals surface area contributed by atoms with E-state index in [9.17, 15) is 0 Å². The first-order valence-corrected chi connectivity index (χ1v) is 5.58. The second kappa shape index (κ2) is 5.58. The van der Waals surface area contributed by atoms with Crippen molar-refractivity contribution >= 4 is 22.9 Å². The van der Waals surface area contributed by atoms with Crippen molar-refractivity contribution in [1.82, 2.24) is 4.98 Å². The molecule has 0 aliphatic carbocycles. The molecule has 2 nitrogen and oxygen atoms in total. The lowest BCUT2D eigenvalue weighted by atomic mass is 10.2. The van der Waals surface area contributed by atoms with E-state index < -0.39 is 0 Å². The van der Waals surface area contributed by atoms with Gasteiger partial charge in [-0.05, 0) is 13.3 Å². The van der Waals surface area contributed by atoms with E-state index in [1.807, 2.05) is 6.92 Å². The minimum absolute atomic E-state index is 0.106. The largest absolute Gasteiger partial charge is 0.383 e. The van der Waals surface area contributed by atoms with Gasteiger partial charge in [0, 0.05) is 24.6 Å². The average Bonchev–Trinajstić information content (AvgIpc) is 2.49. The first-order chi connectivity index (χ1) is 6.22. The minimum Gasteiger partial charge on any atom is -0.383 e. The number of hydrogen-bond acceptors (Lipinski definition) is 3. The molecule has 0 radical (unpaired) electrons. The third-order valence-corrected chi connectivity index (χ3v) is 3.06. The van der Waals surface area contributed by atoms with Gasteiger partial charge in [0.25, 0.3) is 0 Å². The van der Waals surface area contributed by atoms with E-state index in [1.54, 1.807) is 18.4 Å². The molecule has 0 N–H and O–H groups in total. The van der Waals surface area contributed by atoms with Gasteiger partial charge in [-0.2, -0.15) is 0 Å². The number of hydrogen-bond donors (Lipinski definition) is 0. The van der Waals surface area contributed by atoms with Gasteiger partial charge in [-0.15, -0.1) is 22.9 Å². The number of thiazole rings is 1. The predicted molar refractivity (Wildman–Crippen MR) is 56.7 cm³/mol. The van der Waals surface area contributed by atoms with Crippen molar-refractivity contribution in [3.8, 4) is 0 Å². The monoisotopic (exact) mass is 219 g/mol. The first kappa shape index (κ1) is 11.0. The molecule has 0 spiro atoms. The summed E-state index contributed by atoms with van der Waals surface area (Å²) in [6, 6.07) is 0. The van der Waals surface area contributed by atoms with Gasteiger partial charge < -0.3 is 4.74 Å². The van der Waals surface area contributed by atoms with Crippen LogP contribution in [-0.4, -0.2) is 24.1 Å². The lowest BCUT2D eigenvalue weighted by Gasteiger charge is -2.05. The van der Waals surface area contributed by atoms with Crippen LogP contribution in [0, 0.1) is 6.92 Å². The van der Waals surface area contributed by atoms with Gasteiger partial charge in [-0.1, -0.05) is 0 Å². The van der Waals surface area contributed by atoms with E-state index in [1.165, 1.54) is 5.01 Å². The molecule has 1 aromatic rings. The number of halogens is 1. The molecule has 0 aliphatic rings. The molecule has 4 heteroatoms. The van der Waals surface area contributed by atoms with Gasteiger partial charge in [0.1, 0.15) is 0 Å². The Labute approximate surface area is 87.9 Å². The van der Waals surface area contributed by atoms with Crippen LogP contribution in [0.15, 0.2) is 5.38 Å². The second-order valence-electron chi connectivity index (χ2n) is 2.97. The van der Waals surface area contributed by atoms with Crippen LogP contribution in [0.2, 0.25) is 0 Å². The number of aryl methyl sites for hydroxylation is 2. The maximum absolute atomic E-state index is 5.99. The summed E-state index contributed by atoms with van der Waals surface area (Å²) in [5.41, 5.74) is 1.10. The summed E-state index contributed by atoms with van der Waals surface area (Å²) in [4.78, 5) is 4.36. The Morgan fingerprint density at radius 1 is 1.69 bits per heavy atom. The molecule has 1 rings (SSSR count). The van der Waals surface area contributed by atoms with Gasteiger partial charge >= 0.3 is 0 Å². The summed E-state index contributed by atoms with van der Waals surface area (Å²) in [5.74, 6) is 0. The molecule has 1 atom stereocenters. The van der Waals surface area contributed by atoms with Crippen molar-refractivity contribution in [2.75, 3.05) is 13.7 Å². The van der Waals surface area contributed by atoms with Gasteiger partial charge in [0.2, 0.25) is 0 Å². The highest BCUT2D eigenvalue weighted by atomic mass is 35.5. The van der Waals surface area contributed by atoms with Crippen LogP contribution in [-0.2, 0) is 11.2 Å². The number of rotatable bonds is 5. The molecular formula is C9H14ClNOS. The van der Waals surface area contributed by atoms with Crippen LogP contribution in [0.25, 0.3) is 0 Å². The highest BCUT2D eigenvalue weighted by molar-refractivity contribution is 7.09. The van der Waals surface area contributed by atoms with E-state index in [0.29, 0.717) is 6.61 Å². The summed E-state index contributed by atoms with van der Waals surface area (Å²) in [6.45, 7) is 2.62. The van der Waals surface area contributed by atoms with E-state index >= 15 is 0 Å². The Balaban J connectivity index is 2.26. The van der Waals surface area contributed by atoms with Crippen LogP contribution in [0.5, 0.6) is 0 Å². The fourth-order valence-electron chi connectivity index (χ4n) is 1.06. The minimum atomic E-state index is 0.106. The fraction of sp³-hybridized carbons (Fsp3) is 0.667. The molecule has 13 heavy (non-hydrogen) atoms. The van der Waals surface area contributed by atoms with E-state index in [4.69, 9.17) is 16.3 Å². The smallest absolute Gasteiger partial charge is 0.0928 e. The van der Waals surface area contributed by atoms with Crippen LogP contribution < -0.4 is 0 Å². The Bertz CT molecular complexity index is 252. The van der Waals surface area contributed by atoms with Crippen LogP contribution in [0.1, 0.15) is 17.1 Å². The van der Waals surface area contributed by atoms with Crippen molar-refractivity contribution in [3.63, 3.8) is 0 Å². The number of alkyl halides is 1. The van der Waals surface area contributed by atoms with Crippen molar-refractivity contribution < 1.29 is 4.74 Å². The molecule has 0 amide bonds. The zero-order valence-corrected chi connectivity index (χ0v) is 9.49. The average molecular weight is 220 g/mol. The quantitative estimate of drug-likeness (QED) is 0.711. The number of nitrogens with zero attached hydrogens (tertiary/aromatic N) is 1. The Morgan fingerprint density at radius 2 is 2.46 bits per heavy atom. The molecule has 0 fully saturated rings. The van der Waals surface area contributed by atoms with E-state index in [0.717, 1.165) is 18.5 Å². The number of aromatic nitrogens is 1. The Kier molecular flexibility index (Phi) is 4.70. The van der Waals surface area contributed by atoms with Gasteiger partial charge in [0.15, 0.2) is 0 Å². The molecular weight excluding hydrogens is 206 g/mol. The molecule has 1 heterocycles.